The summed E-state index contributed by atoms with van der Waals surface area (Å²) in [6.07, 6.45) is 0. The first-order valence-corrected chi connectivity index (χ1v) is 2.76. The van der Waals surface area contributed by atoms with Crippen LogP contribution in [0.4, 0.5) is 0 Å². The van der Waals surface area contributed by atoms with Crippen LogP contribution in [0.5, 0.6) is 0 Å². The first-order chi connectivity index (χ1) is 4.58. The summed E-state index contributed by atoms with van der Waals surface area (Å²) in [4.78, 5) is 4.51. The van der Waals surface area contributed by atoms with Gasteiger partial charge in [0, 0.05) is 6.92 Å². The van der Waals surface area contributed by atoms with Crippen molar-refractivity contribution in [1.82, 2.24) is 0 Å². The van der Waals surface area contributed by atoms with Gasteiger partial charge >= 0.3 is 0 Å². The molecule has 0 aromatic rings. The fraction of sp³-hybridized carbons (Fsp3) is 0.600. The van der Waals surface area contributed by atoms with E-state index in [1.807, 2.05) is 0 Å². The predicted octanol–water partition coefficient (Wildman–Crippen LogP) is -0.0688. The first kappa shape index (κ1) is 7.01. The number of oxime groups is 2. The summed E-state index contributed by atoms with van der Waals surface area (Å²) in [5.41, 5.74) is 0.431. The Balaban J connectivity index is 2.95. The van der Waals surface area contributed by atoms with Crippen molar-refractivity contribution >= 4 is 11.4 Å². The minimum Gasteiger partial charge on any atom is -0.410 e. The van der Waals surface area contributed by atoms with Crippen LogP contribution in [0.2, 0.25) is 0 Å². The third kappa shape index (κ3) is 0.841. The summed E-state index contributed by atoms with van der Waals surface area (Å²) < 4.78 is 0. The van der Waals surface area contributed by atoms with E-state index in [1.54, 1.807) is 6.92 Å². The fourth-order valence-corrected chi connectivity index (χ4v) is 0.745. The van der Waals surface area contributed by atoms with Gasteiger partial charge in [0.2, 0.25) is 0 Å². The molecule has 10 heavy (non-hydrogen) atoms. The summed E-state index contributed by atoms with van der Waals surface area (Å²) >= 11 is 0. The largest absolute Gasteiger partial charge is 0.410 e. The molecule has 0 aromatic carbocycles. The molecule has 0 radical (unpaired) electrons. The second kappa shape index (κ2) is 1.95. The van der Waals surface area contributed by atoms with Crippen molar-refractivity contribution in [1.29, 1.82) is 0 Å². The molecule has 1 rings (SSSR count). The second-order valence-electron chi connectivity index (χ2n) is 2.20. The third-order valence-corrected chi connectivity index (χ3v) is 1.24. The van der Waals surface area contributed by atoms with E-state index < -0.39 is 5.79 Å². The lowest BCUT2D eigenvalue weighted by Crippen LogP contribution is -2.35. The molecule has 0 aromatic heterocycles. The molecule has 1 aliphatic heterocycles. The van der Waals surface area contributed by atoms with Crippen molar-refractivity contribution in [3.63, 3.8) is 0 Å². The van der Waals surface area contributed by atoms with E-state index in [4.69, 9.17) is 5.21 Å². The van der Waals surface area contributed by atoms with E-state index in [9.17, 15) is 5.11 Å². The molecule has 0 bridgehead atoms. The maximum absolute atomic E-state index is 9.20. The number of rotatable bonds is 0. The van der Waals surface area contributed by atoms with Crippen molar-refractivity contribution in [2.24, 2.45) is 10.3 Å². The van der Waals surface area contributed by atoms with Crippen LogP contribution in [0.1, 0.15) is 13.8 Å². The predicted molar refractivity (Wildman–Crippen MR) is 34.0 cm³/mol. The summed E-state index contributed by atoms with van der Waals surface area (Å²) in [7, 11) is 0. The molecular weight excluding hydrogens is 136 g/mol. The topological polar surface area (TPSA) is 74.4 Å². The van der Waals surface area contributed by atoms with Gasteiger partial charge in [-0.25, -0.2) is 0 Å². The van der Waals surface area contributed by atoms with Gasteiger partial charge in [-0.15, -0.1) is 0 Å². The molecule has 0 spiro atoms. The molecule has 0 saturated carbocycles. The molecule has 56 valence electrons. The maximum atomic E-state index is 9.20. The Morgan fingerprint density at radius 1 is 1.70 bits per heavy atom. The van der Waals surface area contributed by atoms with Crippen molar-refractivity contribution < 1.29 is 15.2 Å². The molecule has 0 aliphatic carbocycles. The summed E-state index contributed by atoms with van der Waals surface area (Å²) in [5.74, 6) is -1.57. The zero-order valence-electron chi connectivity index (χ0n) is 5.70. The molecule has 0 amide bonds. The molecule has 1 aliphatic rings. The Bertz CT molecular complexity index is 207. The highest BCUT2D eigenvalue weighted by atomic mass is 16.7. The van der Waals surface area contributed by atoms with Crippen LogP contribution in [0.15, 0.2) is 10.3 Å². The van der Waals surface area contributed by atoms with E-state index in [2.05, 4.69) is 15.1 Å². The number of hydrogen-bond acceptors (Lipinski definition) is 5. The van der Waals surface area contributed by atoms with Crippen LogP contribution in [-0.2, 0) is 4.84 Å². The Kier molecular flexibility index (Phi) is 1.37. The lowest BCUT2D eigenvalue weighted by molar-refractivity contribution is -0.127. The van der Waals surface area contributed by atoms with Gasteiger partial charge in [0.1, 0.15) is 5.71 Å². The van der Waals surface area contributed by atoms with Crippen LogP contribution in [0.25, 0.3) is 0 Å². The maximum Gasteiger partial charge on any atom is 0.280 e. The highest BCUT2D eigenvalue weighted by Crippen LogP contribution is 2.16. The van der Waals surface area contributed by atoms with Gasteiger partial charge in [0.15, 0.2) is 5.71 Å². The van der Waals surface area contributed by atoms with Gasteiger partial charge < -0.3 is 15.2 Å². The van der Waals surface area contributed by atoms with Crippen LogP contribution in [-0.4, -0.2) is 27.5 Å². The van der Waals surface area contributed by atoms with Gasteiger partial charge in [-0.05, 0) is 6.92 Å². The normalized spacial score (nSPS) is 35.9. The standard InChI is InChI=1S/C5H8N2O3/c1-3-4(6-9)5(2,8)10-7-3/h8-9H,1-2H3. The molecule has 1 atom stereocenters. The number of hydrogen-bond donors (Lipinski definition) is 2. The minimum atomic E-state index is -1.57. The quantitative estimate of drug-likeness (QED) is 0.369. The molecule has 1 unspecified atom stereocenters. The highest BCUT2D eigenvalue weighted by Gasteiger charge is 2.38. The highest BCUT2D eigenvalue weighted by molar-refractivity contribution is 6.44. The fourth-order valence-electron chi connectivity index (χ4n) is 0.745. The smallest absolute Gasteiger partial charge is 0.280 e. The zero-order chi connectivity index (χ0) is 7.78. The van der Waals surface area contributed by atoms with Crippen molar-refractivity contribution in [2.45, 2.75) is 19.6 Å². The summed E-state index contributed by atoms with van der Waals surface area (Å²) in [6, 6.07) is 0. The Labute approximate surface area is 57.6 Å². The van der Waals surface area contributed by atoms with Gasteiger partial charge in [-0.1, -0.05) is 10.3 Å². The third-order valence-electron chi connectivity index (χ3n) is 1.24. The SMILES string of the molecule is CC1=NOC(C)(O)C1=NO. The van der Waals surface area contributed by atoms with Crippen molar-refractivity contribution in [3.05, 3.63) is 0 Å². The van der Waals surface area contributed by atoms with Gasteiger partial charge in [0.25, 0.3) is 5.79 Å². The monoisotopic (exact) mass is 144 g/mol. The number of aliphatic hydroxyl groups is 1. The van der Waals surface area contributed by atoms with E-state index in [1.165, 1.54) is 6.92 Å². The molecular formula is C5H8N2O3. The van der Waals surface area contributed by atoms with Crippen LogP contribution in [0.3, 0.4) is 0 Å². The van der Waals surface area contributed by atoms with Crippen LogP contribution in [0, 0.1) is 0 Å². The lowest BCUT2D eigenvalue weighted by Gasteiger charge is -2.12. The molecule has 0 saturated heterocycles. The summed E-state index contributed by atoms with van der Waals surface area (Å²) in [5, 5.41) is 23.8. The van der Waals surface area contributed by atoms with E-state index in [0.717, 1.165) is 0 Å². The Morgan fingerprint density at radius 3 is 2.50 bits per heavy atom. The first-order valence-electron chi connectivity index (χ1n) is 2.76. The average Bonchev–Trinajstić information content (AvgIpc) is 2.07. The summed E-state index contributed by atoms with van der Waals surface area (Å²) in [6.45, 7) is 2.93. The van der Waals surface area contributed by atoms with Gasteiger partial charge in [-0.3, -0.25) is 0 Å². The van der Waals surface area contributed by atoms with Crippen LogP contribution >= 0.6 is 0 Å². The van der Waals surface area contributed by atoms with Gasteiger partial charge in [0.05, 0.1) is 0 Å². The van der Waals surface area contributed by atoms with Crippen molar-refractivity contribution in [3.8, 4) is 0 Å². The Morgan fingerprint density at radius 2 is 2.30 bits per heavy atom. The second-order valence-corrected chi connectivity index (χ2v) is 2.20. The van der Waals surface area contributed by atoms with Crippen LogP contribution < -0.4 is 0 Å². The molecule has 5 nitrogen and oxygen atoms in total. The lowest BCUT2D eigenvalue weighted by atomic mass is 10.1. The average molecular weight is 144 g/mol. The minimum absolute atomic E-state index is 0.0486. The molecule has 5 heteroatoms. The zero-order valence-corrected chi connectivity index (χ0v) is 5.70. The van der Waals surface area contributed by atoms with E-state index >= 15 is 0 Å². The number of nitrogens with zero attached hydrogens (tertiary/aromatic N) is 2. The van der Waals surface area contributed by atoms with Gasteiger partial charge in [-0.2, -0.15) is 0 Å². The van der Waals surface area contributed by atoms with E-state index in [-0.39, 0.29) is 5.71 Å². The molecule has 2 N–H and O–H groups in total. The molecule has 1 heterocycles. The Hall–Kier alpha value is -1.10. The van der Waals surface area contributed by atoms with E-state index in [0.29, 0.717) is 5.71 Å². The molecule has 0 fully saturated rings. The van der Waals surface area contributed by atoms with Crippen molar-refractivity contribution in [2.75, 3.05) is 0 Å².